The molecule has 0 spiro atoms. The molecular formula is C14H17F3N2O2. The fourth-order valence-corrected chi connectivity index (χ4v) is 2.16. The van der Waals surface area contributed by atoms with Crippen molar-refractivity contribution in [3.8, 4) is 0 Å². The SMILES string of the molecule is O=C(CNc1ccccc1C(F)(F)F)NCC1CCCO1. The highest BCUT2D eigenvalue weighted by molar-refractivity contribution is 5.81. The number of para-hydroxylation sites is 1. The van der Waals surface area contributed by atoms with Crippen LogP contribution in [-0.4, -0.2) is 31.7 Å². The van der Waals surface area contributed by atoms with Crippen LogP contribution in [0.15, 0.2) is 24.3 Å². The van der Waals surface area contributed by atoms with Crippen LogP contribution in [0.25, 0.3) is 0 Å². The van der Waals surface area contributed by atoms with Gasteiger partial charge in [-0.2, -0.15) is 13.2 Å². The van der Waals surface area contributed by atoms with Crippen LogP contribution >= 0.6 is 0 Å². The molecule has 0 saturated carbocycles. The minimum Gasteiger partial charge on any atom is -0.376 e. The van der Waals surface area contributed by atoms with Gasteiger partial charge in [0.05, 0.1) is 18.2 Å². The average Bonchev–Trinajstić information content (AvgIpc) is 2.95. The van der Waals surface area contributed by atoms with Gasteiger partial charge < -0.3 is 15.4 Å². The van der Waals surface area contributed by atoms with E-state index in [1.807, 2.05) is 0 Å². The molecule has 1 amide bonds. The van der Waals surface area contributed by atoms with Crippen LogP contribution < -0.4 is 10.6 Å². The summed E-state index contributed by atoms with van der Waals surface area (Å²) in [7, 11) is 0. The van der Waals surface area contributed by atoms with Gasteiger partial charge in [0.2, 0.25) is 5.91 Å². The molecule has 1 aromatic carbocycles. The highest BCUT2D eigenvalue weighted by Gasteiger charge is 2.33. The molecule has 1 aliphatic rings. The molecule has 7 heteroatoms. The van der Waals surface area contributed by atoms with E-state index >= 15 is 0 Å². The molecule has 0 aromatic heterocycles. The number of hydrogen-bond donors (Lipinski definition) is 2. The molecule has 21 heavy (non-hydrogen) atoms. The topological polar surface area (TPSA) is 50.4 Å². The van der Waals surface area contributed by atoms with E-state index < -0.39 is 11.7 Å². The number of alkyl halides is 3. The zero-order valence-corrected chi connectivity index (χ0v) is 11.4. The number of carbonyl (C=O) groups is 1. The van der Waals surface area contributed by atoms with Gasteiger partial charge in [0.15, 0.2) is 0 Å². The number of amides is 1. The summed E-state index contributed by atoms with van der Waals surface area (Å²) in [6, 6.07) is 5.08. The summed E-state index contributed by atoms with van der Waals surface area (Å²) in [5, 5.41) is 5.17. The summed E-state index contributed by atoms with van der Waals surface area (Å²) in [5.41, 5.74) is -0.880. The third kappa shape index (κ3) is 4.63. The molecule has 116 valence electrons. The van der Waals surface area contributed by atoms with E-state index in [-0.39, 0.29) is 24.2 Å². The van der Waals surface area contributed by atoms with Crippen molar-refractivity contribution >= 4 is 11.6 Å². The fraction of sp³-hybridized carbons (Fsp3) is 0.500. The standard InChI is InChI=1S/C14H17F3N2O2/c15-14(16,17)11-5-1-2-6-12(11)18-9-13(20)19-8-10-4-3-7-21-10/h1-2,5-6,10,18H,3-4,7-9H2,(H,19,20). The Kier molecular flexibility index (Phi) is 5.06. The minimum atomic E-state index is -4.45. The maximum Gasteiger partial charge on any atom is 0.418 e. The first kappa shape index (κ1) is 15.6. The minimum absolute atomic E-state index is 0.0106. The Balaban J connectivity index is 1.83. The Bertz CT molecular complexity index is 485. The van der Waals surface area contributed by atoms with E-state index in [0.717, 1.165) is 18.9 Å². The number of ether oxygens (including phenoxy) is 1. The number of rotatable bonds is 5. The smallest absolute Gasteiger partial charge is 0.376 e. The zero-order valence-electron chi connectivity index (χ0n) is 11.4. The molecule has 2 rings (SSSR count). The lowest BCUT2D eigenvalue weighted by Crippen LogP contribution is -2.35. The van der Waals surface area contributed by atoms with E-state index in [1.54, 1.807) is 0 Å². The first-order valence-electron chi connectivity index (χ1n) is 6.75. The van der Waals surface area contributed by atoms with Crippen molar-refractivity contribution in [2.75, 3.05) is 25.0 Å². The number of anilines is 1. The second-order valence-corrected chi connectivity index (χ2v) is 4.84. The van der Waals surface area contributed by atoms with Gasteiger partial charge in [-0.05, 0) is 25.0 Å². The lowest BCUT2D eigenvalue weighted by Gasteiger charge is -2.15. The number of nitrogens with one attached hydrogen (secondary N) is 2. The van der Waals surface area contributed by atoms with Crippen LogP contribution in [0.5, 0.6) is 0 Å². The molecule has 1 heterocycles. The van der Waals surface area contributed by atoms with Gasteiger partial charge >= 0.3 is 6.18 Å². The van der Waals surface area contributed by atoms with Gasteiger partial charge in [0.1, 0.15) is 0 Å². The predicted octanol–water partition coefficient (Wildman–Crippen LogP) is 2.41. The first-order chi connectivity index (χ1) is 9.97. The van der Waals surface area contributed by atoms with Crippen LogP contribution in [0.1, 0.15) is 18.4 Å². The Morgan fingerprint density at radius 3 is 2.76 bits per heavy atom. The van der Waals surface area contributed by atoms with Crippen LogP contribution in [0, 0.1) is 0 Å². The number of halogens is 3. The Morgan fingerprint density at radius 2 is 2.10 bits per heavy atom. The van der Waals surface area contributed by atoms with Gasteiger partial charge in [-0.25, -0.2) is 0 Å². The van der Waals surface area contributed by atoms with Gasteiger partial charge in [0, 0.05) is 18.8 Å². The largest absolute Gasteiger partial charge is 0.418 e. The Morgan fingerprint density at radius 1 is 1.33 bits per heavy atom. The lowest BCUT2D eigenvalue weighted by atomic mass is 10.1. The van der Waals surface area contributed by atoms with Crippen LogP contribution in [0.4, 0.5) is 18.9 Å². The monoisotopic (exact) mass is 302 g/mol. The van der Waals surface area contributed by atoms with Crippen molar-refractivity contribution in [2.45, 2.75) is 25.1 Å². The van der Waals surface area contributed by atoms with E-state index in [9.17, 15) is 18.0 Å². The molecule has 1 aromatic rings. The summed E-state index contributed by atoms with van der Waals surface area (Å²) in [6.45, 7) is 0.874. The van der Waals surface area contributed by atoms with Crippen molar-refractivity contribution in [3.63, 3.8) is 0 Å². The Labute approximate surface area is 120 Å². The number of hydrogen-bond acceptors (Lipinski definition) is 3. The van der Waals surface area contributed by atoms with E-state index in [2.05, 4.69) is 10.6 Å². The summed E-state index contributed by atoms with van der Waals surface area (Å²) < 4.78 is 43.7. The summed E-state index contributed by atoms with van der Waals surface area (Å²) in [4.78, 5) is 11.6. The molecule has 0 aliphatic carbocycles. The summed E-state index contributed by atoms with van der Waals surface area (Å²) in [5.74, 6) is -0.359. The van der Waals surface area contributed by atoms with E-state index in [4.69, 9.17) is 4.74 Å². The fourth-order valence-electron chi connectivity index (χ4n) is 2.16. The van der Waals surface area contributed by atoms with Gasteiger partial charge in [-0.15, -0.1) is 0 Å². The van der Waals surface area contributed by atoms with Crippen molar-refractivity contribution in [2.24, 2.45) is 0 Å². The molecule has 0 bridgehead atoms. The second kappa shape index (κ2) is 6.80. The van der Waals surface area contributed by atoms with Gasteiger partial charge in [0.25, 0.3) is 0 Å². The molecule has 2 N–H and O–H groups in total. The quantitative estimate of drug-likeness (QED) is 0.878. The third-order valence-corrected chi connectivity index (χ3v) is 3.22. The molecule has 1 aliphatic heterocycles. The maximum atomic E-state index is 12.8. The van der Waals surface area contributed by atoms with Crippen LogP contribution in [0.2, 0.25) is 0 Å². The molecule has 1 unspecified atom stereocenters. The molecule has 0 radical (unpaired) electrons. The third-order valence-electron chi connectivity index (χ3n) is 3.22. The van der Waals surface area contributed by atoms with Gasteiger partial charge in [-0.1, -0.05) is 12.1 Å². The van der Waals surface area contributed by atoms with Crippen LogP contribution in [0.3, 0.4) is 0 Å². The summed E-state index contributed by atoms with van der Waals surface area (Å²) in [6.07, 6.45) is -2.57. The van der Waals surface area contributed by atoms with E-state index in [0.29, 0.717) is 13.2 Å². The molecule has 1 atom stereocenters. The lowest BCUT2D eigenvalue weighted by molar-refractivity contribution is -0.137. The van der Waals surface area contributed by atoms with Gasteiger partial charge in [-0.3, -0.25) is 4.79 Å². The highest BCUT2D eigenvalue weighted by Crippen LogP contribution is 2.34. The van der Waals surface area contributed by atoms with E-state index in [1.165, 1.54) is 18.2 Å². The Hall–Kier alpha value is -1.76. The number of benzene rings is 1. The number of carbonyl (C=O) groups excluding carboxylic acids is 1. The molecule has 4 nitrogen and oxygen atoms in total. The zero-order chi connectivity index (χ0) is 15.3. The van der Waals surface area contributed by atoms with Crippen molar-refractivity contribution in [3.05, 3.63) is 29.8 Å². The second-order valence-electron chi connectivity index (χ2n) is 4.84. The van der Waals surface area contributed by atoms with Crippen molar-refractivity contribution in [1.82, 2.24) is 5.32 Å². The summed E-state index contributed by atoms with van der Waals surface area (Å²) >= 11 is 0. The highest BCUT2D eigenvalue weighted by atomic mass is 19.4. The first-order valence-corrected chi connectivity index (χ1v) is 6.75. The molecule has 1 saturated heterocycles. The van der Waals surface area contributed by atoms with Crippen LogP contribution in [-0.2, 0) is 15.7 Å². The van der Waals surface area contributed by atoms with Crippen molar-refractivity contribution < 1.29 is 22.7 Å². The molecular weight excluding hydrogens is 285 g/mol. The maximum absolute atomic E-state index is 12.8. The van der Waals surface area contributed by atoms with Crippen molar-refractivity contribution in [1.29, 1.82) is 0 Å². The predicted molar refractivity (Wildman–Crippen MR) is 71.9 cm³/mol. The average molecular weight is 302 g/mol. The molecule has 1 fully saturated rings. The normalized spacial score (nSPS) is 18.5.